The molecule has 1 heterocycles. The molecule has 0 aromatic rings. The number of amides is 1. The van der Waals surface area contributed by atoms with Gasteiger partial charge in [-0.1, -0.05) is 13.8 Å². The van der Waals surface area contributed by atoms with E-state index in [2.05, 4.69) is 48.4 Å². The number of hydrogen-bond acceptors (Lipinski definition) is 4. The summed E-state index contributed by atoms with van der Waals surface area (Å²) in [6.07, 6.45) is 0. The highest BCUT2D eigenvalue weighted by Crippen LogP contribution is 2.13. The van der Waals surface area contributed by atoms with E-state index >= 15 is 0 Å². The second kappa shape index (κ2) is 7.07. The van der Waals surface area contributed by atoms with Gasteiger partial charge < -0.3 is 15.5 Å². The molecule has 2 N–H and O–H groups in total. The summed E-state index contributed by atoms with van der Waals surface area (Å²) in [7, 11) is 4.12. The monoisotopic (exact) mass is 256 g/mol. The Bertz CT molecular complexity index is 260. The highest BCUT2D eigenvalue weighted by Gasteiger charge is 2.20. The van der Waals surface area contributed by atoms with Crippen molar-refractivity contribution in [1.29, 1.82) is 0 Å². The minimum Gasteiger partial charge on any atom is -0.354 e. The van der Waals surface area contributed by atoms with Crippen LogP contribution in [0, 0.1) is 5.41 Å². The predicted molar refractivity (Wildman–Crippen MR) is 74.7 cm³/mol. The lowest BCUT2D eigenvalue weighted by Crippen LogP contribution is -2.49. The number of carbonyl (C=O) groups is 1. The van der Waals surface area contributed by atoms with E-state index in [0.717, 1.165) is 39.3 Å². The van der Waals surface area contributed by atoms with Crippen molar-refractivity contribution in [2.45, 2.75) is 13.8 Å². The van der Waals surface area contributed by atoms with E-state index in [9.17, 15) is 4.79 Å². The summed E-state index contributed by atoms with van der Waals surface area (Å²) in [6.45, 7) is 10.5. The zero-order valence-electron chi connectivity index (χ0n) is 12.3. The van der Waals surface area contributed by atoms with Crippen LogP contribution in [0.2, 0.25) is 0 Å². The van der Waals surface area contributed by atoms with Crippen LogP contribution >= 0.6 is 0 Å². The van der Waals surface area contributed by atoms with Crippen molar-refractivity contribution in [3.63, 3.8) is 0 Å². The minimum absolute atomic E-state index is 0.114. The molecule has 1 amide bonds. The second-order valence-corrected chi connectivity index (χ2v) is 6.20. The van der Waals surface area contributed by atoms with Crippen LogP contribution in [0.15, 0.2) is 0 Å². The summed E-state index contributed by atoms with van der Waals surface area (Å²) in [4.78, 5) is 16.2. The molecule has 1 aliphatic heterocycles. The zero-order valence-corrected chi connectivity index (χ0v) is 12.3. The maximum Gasteiger partial charge on any atom is 0.234 e. The maximum atomic E-state index is 11.9. The van der Waals surface area contributed by atoms with Gasteiger partial charge in [0.15, 0.2) is 0 Å². The van der Waals surface area contributed by atoms with Gasteiger partial charge in [0.2, 0.25) is 5.91 Å². The van der Waals surface area contributed by atoms with Crippen molar-refractivity contribution in [3.8, 4) is 0 Å². The van der Waals surface area contributed by atoms with Gasteiger partial charge in [-0.15, -0.1) is 0 Å². The summed E-state index contributed by atoms with van der Waals surface area (Å²) >= 11 is 0. The molecule has 0 spiro atoms. The highest BCUT2D eigenvalue weighted by molar-refractivity contribution is 5.78. The molecule has 0 aromatic heterocycles. The van der Waals surface area contributed by atoms with Crippen LogP contribution in [0.1, 0.15) is 13.8 Å². The van der Waals surface area contributed by atoms with Crippen LogP contribution in [0.3, 0.4) is 0 Å². The second-order valence-electron chi connectivity index (χ2n) is 6.20. The number of carbonyl (C=O) groups excluding carboxylic acids is 1. The summed E-state index contributed by atoms with van der Waals surface area (Å²) in [6, 6.07) is 0. The fourth-order valence-corrected chi connectivity index (χ4v) is 2.38. The molecule has 0 unspecified atom stereocenters. The van der Waals surface area contributed by atoms with Crippen molar-refractivity contribution in [1.82, 2.24) is 20.4 Å². The van der Waals surface area contributed by atoms with Crippen molar-refractivity contribution in [3.05, 3.63) is 0 Å². The van der Waals surface area contributed by atoms with E-state index in [1.807, 2.05) is 0 Å². The Balaban J connectivity index is 2.23. The first-order valence-electron chi connectivity index (χ1n) is 6.73. The van der Waals surface area contributed by atoms with Crippen molar-refractivity contribution in [2.75, 3.05) is 59.9 Å². The lowest BCUT2D eigenvalue weighted by molar-refractivity contribution is -0.122. The lowest BCUT2D eigenvalue weighted by Gasteiger charge is -2.30. The average molecular weight is 256 g/mol. The number of hydrogen-bond donors (Lipinski definition) is 2. The highest BCUT2D eigenvalue weighted by atomic mass is 16.2. The summed E-state index contributed by atoms with van der Waals surface area (Å²) in [5.41, 5.74) is 0.114. The fraction of sp³-hybridized carbons (Fsp3) is 0.923. The zero-order chi connectivity index (χ0) is 13.6. The molecule has 1 aliphatic rings. The van der Waals surface area contributed by atoms with E-state index in [4.69, 9.17) is 0 Å². The molecule has 0 aromatic carbocycles. The number of nitrogens with zero attached hydrogens (tertiary/aromatic N) is 2. The molecule has 5 nitrogen and oxygen atoms in total. The molecule has 1 fully saturated rings. The van der Waals surface area contributed by atoms with E-state index in [1.165, 1.54) is 0 Å². The molecule has 0 bridgehead atoms. The topological polar surface area (TPSA) is 47.6 Å². The fourth-order valence-electron chi connectivity index (χ4n) is 2.38. The van der Waals surface area contributed by atoms with Crippen LogP contribution < -0.4 is 10.6 Å². The molecule has 1 rings (SSSR count). The molecule has 1 saturated heterocycles. The molecular weight excluding hydrogens is 228 g/mol. The third-order valence-electron chi connectivity index (χ3n) is 3.09. The minimum atomic E-state index is 0.114. The smallest absolute Gasteiger partial charge is 0.234 e. The van der Waals surface area contributed by atoms with Gasteiger partial charge in [0, 0.05) is 39.3 Å². The Hall–Kier alpha value is -0.650. The van der Waals surface area contributed by atoms with Crippen LogP contribution in [0.25, 0.3) is 0 Å². The summed E-state index contributed by atoms with van der Waals surface area (Å²) < 4.78 is 0. The molecule has 0 saturated carbocycles. The van der Waals surface area contributed by atoms with Gasteiger partial charge in [-0.3, -0.25) is 9.69 Å². The molecule has 18 heavy (non-hydrogen) atoms. The van der Waals surface area contributed by atoms with E-state index in [-0.39, 0.29) is 11.3 Å². The largest absolute Gasteiger partial charge is 0.354 e. The van der Waals surface area contributed by atoms with Gasteiger partial charge >= 0.3 is 0 Å². The number of piperazine rings is 1. The Labute approximate surface area is 111 Å². The molecule has 0 aliphatic carbocycles. The van der Waals surface area contributed by atoms with Crippen LogP contribution in [0.5, 0.6) is 0 Å². The molecular formula is C13H28N4O. The first kappa shape index (κ1) is 15.4. The lowest BCUT2D eigenvalue weighted by atomic mass is 9.93. The molecule has 106 valence electrons. The van der Waals surface area contributed by atoms with Gasteiger partial charge in [-0.25, -0.2) is 0 Å². The predicted octanol–water partition coefficient (Wildman–Crippen LogP) is -0.404. The van der Waals surface area contributed by atoms with Gasteiger partial charge in [-0.05, 0) is 19.5 Å². The van der Waals surface area contributed by atoms with Crippen LogP contribution in [-0.4, -0.2) is 75.6 Å². The SMILES string of the molecule is CN(C)CC(C)(C)CNC(=O)CN1CCNCC1. The quantitative estimate of drug-likeness (QED) is 0.679. The summed E-state index contributed by atoms with van der Waals surface area (Å²) in [5.74, 6) is 0.142. The Morgan fingerprint density at radius 1 is 1.33 bits per heavy atom. The van der Waals surface area contributed by atoms with Gasteiger partial charge in [0.05, 0.1) is 6.54 Å². The Kier molecular flexibility index (Phi) is 6.05. The van der Waals surface area contributed by atoms with E-state index < -0.39 is 0 Å². The number of nitrogens with one attached hydrogen (secondary N) is 2. The third-order valence-corrected chi connectivity index (χ3v) is 3.09. The normalized spacial score (nSPS) is 18.1. The summed E-state index contributed by atoms with van der Waals surface area (Å²) in [5, 5.41) is 6.33. The van der Waals surface area contributed by atoms with E-state index in [1.54, 1.807) is 0 Å². The Morgan fingerprint density at radius 3 is 2.50 bits per heavy atom. The van der Waals surface area contributed by atoms with Crippen molar-refractivity contribution in [2.24, 2.45) is 5.41 Å². The first-order valence-corrected chi connectivity index (χ1v) is 6.73. The van der Waals surface area contributed by atoms with Crippen molar-refractivity contribution >= 4 is 5.91 Å². The maximum absolute atomic E-state index is 11.9. The van der Waals surface area contributed by atoms with Crippen LogP contribution in [0.4, 0.5) is 0 Å². The van der Waals surface area contributed by atoms with Gasteiger partial charge in [0.25, 0.3) is 0 Å². The molecule has 0 atom stereocenters. The molecule has 0 radical (unpaired) electrons. The molecule has 5 heteroatoms. The van der Waals surface area contributed by atoms with Gasteiger partial charge in [-0.2, -0.15) is 0 Å². The van der Waals surface area contributed by atoms with Gasteiger partial charge in [0.1, 0.15) is 0 Å². The third kappa shape index (κ3) is 6.33. The standard InChI is InChI=1S/C13H28N4O/c1-13(2,11-16(3)4)10-15-12(18)9-17-7-5-14-6-8-17/h14H,5-11H2,1-4H3,(H,15,18). The van der Waals surface area contributed by atoms with E-state index in [0.29, 0.717) is 6.54 Å². The Morgan fingerprint density at radius 2 is 1.94 bits per heavy atom. The van der Waals surface area contributed by atoms with Crippen molar-refractivity contribution < 1.29 is 4.79 Å². The average Bonchev–Trinajstić information content (AvgIpc) is 2.26. The number of rotatable bonds is 6. The first-order chi connectivity index (χ1) is 8.39. The van der Waals surface area contributed by atoms with Crippen LogP contribution in [-0.2, 0) is 4.79 Å².